The molecule has 2 rings (SSSR count). The second kappa shape index (κ2) is 6.45. The Bertz CT molecular complexity index is 762. The Labute approximate surface area is 136 Å². The molecule has 1 aliphatic rings. The van der Waals surface area contributed by atoms with E-state index >= 15 is 0 Å². The summed E-state index contributed by atoms with van der Waals surface area (Å²) in [6, 6.07) is 4.09. The van der Waals surface area contributed by atoms with Crippen molar-refractivity contribution in [3.05, 3.63) is 28.8 Å². The van der Waals surface area contributed by atoms with Crippen LogP contribution in [0.1, 0.15) is 18.4 Å². The van der Waals surface area contributed by atoms with E-state index in [1.54, 1.807) is 13.0 Å². The van der Waals surface area contributed by atoms with Crippen molar-refractivity contribution in [2.45, 2.75) is 30.7 Å². The summed E-state index contributed by atoms with van der Waals surface area (Å²) in [6.45, 7) is 2.36. The van der Waals surface area contributed by atoms with E-state index < -0.39 is 26.1 Å². The molecule has 0 aliphatic carbocycles. The number of hydrogen-bond donors (Lipinski definition) is 1. The van der Waals surface area contributed by atoms with Gasteiger partial charge >= 0.3 is 0 Å². The van der Waals surface area contributed by atoms with E-state index in [2.05, 4.69) is 4.72 Å². The highest BCUT2D eigenvalue weighted by Crippen LogP contribution is 2.21. The molecule has 1 N–H and O–H groups in total. The smallest absolute Gasteiger partial charge is 0.213 e. The van der Waals surface area contributed by atoms with Gasteiger partial charge in [0.05, 0.1) is 11.2 Å². The molecule has 1 aromatic rings. The molecule has 0 saturated carbocycles. The molecule has 1 aromatic carbocycles. The molecular formula is C13H19ClN2O4S2. The number of sulfonamides is 2. The van der Waals surface area contributed by atoms with Crippen LogP contribution in [0, 0.1) is 6.92 Å². The summed E-state index contributed by atoms with van der Waals surface area (Å²) in [5.41, 5.74) is 0.793. The largest absolute Gasteiger partial charge is 0.240 e. The van der Waals surface area contributed by atoms with Gasteiger partial charge in [0.1, 0.15) is 0 Å². The van der Waals surface area contributed by atoms with Crippen LogP contribution in [0.25, 0.3) is 0 Å². The average Bonchev–Trinajstić information content (AvgIpc) is 2.40. The number of piperidine rings is 1. The molecule has 0 bridgehead atoms. The lowest BCUT2D eigenvalue weighted by molar-refractivity contribution is 0.305. The first kappa shape index (κ1) is 17.7. The van der Waals surface area contributed by atoms with E-state index in [1.165, 1.54) is 16.4 Å². The number of nitrogens with one attached hydrogen (secondary N) is 1. The summed E-state index contributed by atoms with van der Waals surface area (Å²) in [6.07, 6.45) is 2.35. The Balaban J connectivity index is 2.16. The molecule has 0 spiro atoms. The normalized spacial score (nSPS) is 21.0. The number of nitrogens with zero attached hydrogens (tertiary/aromatic N) is 1. The molecule has 22 heavy (non-hydrogen) atoms. The van der Waals surface area contributed by atoms with Gasteiger partial charge in [-0.05, 0) is 37.5 Å². The molecular weight excluding hydrogens is 348 g/mol. The third-order valence-corrected chi connectivity index (χ3v) is 6.82. The Morgan fingerprint density at radius 1 is 1.27 bits per heavy atom. The quantitative estimate of drug-likeness (QED) is 0.871. The molecule has 1 saturated heterocycles. The molecule has 124 valence electrons. The fourth-order valence-electron chi connectivity index (χ4n) is 2.37. The monoisotopic (exact) mass is 366 g/mol. The summed E-state index contributed by atoms with van der Waals surface area (Å²) in [5.74, 6) is 0. The van der Waals surface area contributed by atoms with Crippen molar-refractivity contribution in [2.75, 3.05) is 19.3 Å². The van der Waals surface area contributed by atoms with Gasteiger partial charge in [0.25, 0.3) is 0 Å². The molecule has 9 heteroatoms. The van der Waals surface area contributed by atoms with E-state index in [9.17, 15) is 16.8 Å². The Morgan fingerprint density at radius 3 is 2.55 bits per heavy atom. The second-order valence-corrected chi connectivity index (χ2v) is 9.60. The fraction of sp³-hybridized carbons (Fsp3) is 0.538. The predicted molar refractivity (Wildman–Crippen MR) is 85.9 cm³/mol. The van der Waals surface area contributed by atoms with Gasteiger partial charge in [0.15, 0.2) is 0 Å². The maximum absolute atomic E-state index is 12.4. The van der Waals surface area contributed by atoms with Crippen LogP contribution in [-0.4, -0.2) is 46.5 Å². The van der Waals surface area contributed by atoms with Gasteiger partial charge in [-0.15, -0.1) is 0 Å². The van der Waals surface area contributed by atoms with Crippen LogP contribution >= 0.6 is 11.6 Å². The predicted octanol–water partition coefficient (Wildman–Crippen LogP) is 1.35. The minimum atomic E-state index is -3.72. The number of benzene rings is 1. The molecule has 1 unspecified atom stereocenters. The molecule has 0 radical (unpaired) electrons. The van der Waals surface area contributed by atoms with Gasteiger partial charge in [-0.1, -0.05) is 17.7 Å². The number of halogens is 1. The Kier molecular flexibility index (Phi) is 5.18. The SMILES string of the molecule is Cc1ccc(S(=O)(=O)NC2CCCN(S(C)(=O)=O)C2)cc1Cl. The highest BCUT2D eigenvalue weighted by atomic mass is 35.5. The molecule has 1 atom stereocenters. The summed E-state index contributed by atoms with van der Waals surface area (Å²) in [4.78, 5) is 0.0829. The molecule has 0 aromatic heterocycles. The highest BCUT2D eigenvalue weighted by molar-refractivity contribution is 7.89. The van der Waals surface area contributed by atoms with Crippen molar-refractivity contribution in [1.29, 1.82) is 0 Å². The zero-order valence-corrected chi connectivity index (χ0v) is 14.8. The first-order chi connectivity index (χ1) is 10.1. The maximum atomic E-state index is 12.4. The van der Waals surface area contributed by atoms with E-state index in [0.29, 0.717) is 24.4 Å². The first-order valence-corrected chi connectivity index (χ1v) is 10.5. The Morgan fingerprint density at radius 2 is 1.95 bits per heavy atom. The van der Waals surface area contributed by atoms with Crippen molar-refractivity contribution < 1.29 is 16.8 Å². The van der Waals surface area contributed by atoms with Crippen LogP contribution in [0.15, 0.2) is 23.1 Å². The topological polar surface area (TPSA) is 83.6 Å². The van der Waals surface area contributed by atoms with Gasteiger partial charge in [-0.3, -0.25) is 0 Å². The van der Waals surface area contributed by atoms with Crippen LogP contribution in [0.2, 0.25) is 5.02 Å². The highest BCUT2D eigenvalue weighted by Gasteiger charge is 2.29. The molecule has 1 heterocycles. The lowest BCUT2D eigenvalue weighted by Gasteiger charge is -2.31. The van der Waals surface area contributed by atoms with E-state index in [4.69, 9.17) is 11.6 Å². The van der Waals surface area contributed by atoms with Gasteiger partial charge in [0, 0.05) is 24.2 Å². The molecule has 0 amide bonds. The second-order valence-electron chi connectivity index (χ2n) is 5.49. The number of hydrogen-bond acceptors (Lipinski definition) is 4. The summed E-state index contributed by atoms with van der Waals surface area (Å²) >= 11 is 5.97. The average molecular weight is 367 g/mol. The van der Waals surface area contributed by atoms with Crippen LogP contribution in [-0.2, 0) is 20.0 Å². The zero-order valence-electron chi connectivity index (χ0n) is 12.4. The van der Waals surface area contributed by atoms with Crippen molar-refractivity contribution in [3.63, 3.8) is 0 Å². The minimum Gasteiger partial charge on any atom is -0.213 e. The summed E-state index contributed by atoms with van der Waals surface area (Å²) in [5, 5.41) is 0.379. The van der Waals surface area contributed by atoms with E-state index in [1.807, 2.05) is 0 Å². The van der Waals surface area contributed by atoms with Gasteiger partial charge in [-0.25, -0.2) is 25.9 Å². The van der Waals surface area contributed by atoms with Crippen LogP contribution < -0.4 is 4.72 Å². The third-order valence-electron chi connectivity index (χ3n) is 3.63. The summed E-state index contributed by atoms with van der Waals surface area (Å²) < 4.78 is 51.8. The third kappa shape index (κ3) is 4.20. The minimum absolute atomic E-state index is 0.0829. The van der Waals surface area contributed by atoms with Crippen LogP contribution in [0.4, 0.5) is 0 Å². The van der Waals surface area contributed by atoms with Gasteiger partial charge in [-0.2, -0.15) is 0 Å². The van der Waals surface area contributed by atoms with Crippen LogP contribution in [0.5, 0.6) is 0 Å². The maximum Gasteiger partial charge on any atom is 0.240 e. The Hall–Kier alpha value is -0.670. The van der Waals surface area contributed by atoms with Crippen molar-refractivity contribution in [2.24, 2.45) is 0 Å². The molecule has 1 fully saturated rings. The molecule has 1 aliphatic heterocycles. The number of rotatable bonds is 4. The molecule has 6 nitrogen and oxygen atoms in total. The lowest BCUT2D eigenvalue weighted by atomic mass is 10.1. The first-order valence-electron chi connectivity index (χ1n) is 6.83. The van der Waals surface area contributed by atoms with E-state index in [-0.39, 0.29) is 11.4 Å². The van der Waals surface area contributed by atoms with Crippen molar-refractivity contribution in [1.82, 2.24) is 9.03 Å². The zero-order chi connectivity index (χ0) is 16.5. The van der Waals surface area contributed by atoms with Crippen LogP contribution in [0.3, 0.4) is 0 Å². The van der Waals surface area contributed by atoms with Gasteiger partial charge < -0.3 is 0 Å². The lowest BCUT2D eigenvalue weighted by Crippen LogP contribution is -2.49. The van der Waals surface area contributed by atoms with Crippen molar-refractivity contribution >= 4 is 31.6 Å². The standard InChI is InChI=1S/C13H19ClN2O4S2/c1-10-5-6-12(8-13(10)14)22(19,20)15-11-4-3-7-16(9-11)21(2,17)18/h5-6,8,11,15H,3-4,7,9H2,1-2H3. The fourth-order valence-corrected chi connectivity index (χ4v) is 4.81. The van der Waals surface area contributed by atoms with Crippen molar-refractivity contribution in [3.8, 4) is 0 Å². The van der Waals surface area contributed by atoms with E-state index in [0.717, 1.165) is 11.8 Å². The number of aryl methyl sites for hydroxylation is 1. The summed E-state index contributed by atoms with van der Waals surface area (Å²) in [7, 11) is -7.04. The van der Waals surface area contributed by atoms with Gasteiger partial charge in [0.2, 0.25) is 20.0 Å².